The molecule has 1 heterocycles. The molecule has 3 heteroatoms. The Labute approximate surface area is 110 Å². The van der Waals surface area contributed by atoms with E-state index in [2.05, 4.69) is 22.1 Å². The van der Waals surface area contributed by atoms with Crippen LogP contribution in [0.5, 0.6) is 0 Å². The number of carbonyl (C=O) groups excluding carboxylic acids is 1. The second kappa shape index (κ2) is 7.43. The van der Waals surface area contributed by atoms with E-state index in [4.69, 9.17) is 0 Å². The molecular weight excluding hydrogens is 224 g/mol. The molecule has 1 N–H and O–H groups in total. The molecule has 100 valence electrons. The fraction of sp³-hybridized carbons (Fsp3) is 0.800. The van der Waals surface area contributed by atoms with Gasteiger partial charge in [-0.3, -0.25) is 9.69 Å². The van der Waals surface area contributed by atoms with E-state index in [0.717, 1.165) is 19.4 Å². The Morgan fingerprint density at radius 3 is 2.39 bits per heavy atom. The number of amides is 1. The van der Waals surface area contributed by atoms with Crippen LogP contribution in [0.4, 0.5) is 0 Å². The molecule has 2 aliphatic rings. The third-order valence-corrected chi connectivity index (χ3v) is 3.95. The molecule has 0 radical (unpaired) electrons. The average Bonchev–Trinajstić information content (AvgIpc) is 2.55. The van der Waals surface area contributed by atoms with Crippen LogP contribution in [0.2, 0.25) is 0 Å². The Morgan fingerprint density at radius 1 is 1.06 bits per heavy atom. The van der Waals surface area contributed by atoms with E-state index in [1.807, 2.05) is 0 Å². The molecule has 1 aliphatic carbocycles. The van der Waals surface area contributed by atoms with Gasteiger partial charge in [-0.25, -0.2) is 0 Å². The maximum atomic E-state index is 11.5. The van der Waals surface area contributed by atoms with Crippen molar-refractivity contribution in [2.45, 2.75) is 44.9 Å². The van der Waals surface area contributed by atoms with Gasteiger partial charge in [-0.1, -0.05) is 31.1 Å². The molecule has 1 saturated heterocycles. The summed E-state index contributed by atoms with van der Waals surface area (Å²) in [6.07, 6.45) is 8.67. The summed E-state index contributed by atoms with van der Waals surface area (Å²) < 4.78 is 0. The zero-order chi connectivity index (χ0) is 12.6. The Hall–Kier alpha value is -1.01. The lowest BCUT2D eigenvalue weighted by Crippen LogP contribution is -2.34. The van der Waals surface area contributed by atoms with E-state index in [9.17, 15) is 4.79 Å². The number of nitrogens with zero attached hydrogens (tertiary/aromatic N) is 1. The van der Waals surface area contributed by atoms with E-state index in [1.54, 1.807) is 0 Å². The Morgan fingerprint density at radius 2 is 1.78 bits per heavy atom. The van der Waals surface area contributed by atoms with E-state index in [-0.39, 0.29) is 11.8 Å². The lowest BCUT2D eigenvalue weighted by Gasteiger charge is -2.23. The zero-order valence-corrected chi connectivity index (χ0v) is 11.2. The van der Waals surface area contributed by atoms with Crippen LogP contribution in [0.3, 0.4) is 0 Å². The van der Waals surface area contributed by atoms with Crippen molar-refractivity contribution in [3.63, 3.8) is 0 Å². The molecular formula is C15H24N2O. The molecule has 0 aromatic rings. The van der Waals surface area contributed by atoms with E-state index < -0.39 is 0 Å². The Balaban J connectivity index is 1.58. The average molecular weight is 248 g/mol. The maximum Gasteiger partial charge on any atom is 0.223 e. The minimum atomic E-state index is 0.199. The fourth-order valence-electron chi connectivity index (χ4n) is 2.47. The summed E-state index contributed by atoms with van der Waals surface area (Å²) in [5, 5.41) is 2.90. The van der Waals surface area contributed by atoms with Gasteiger partial charge in [0.25, 0.3) is 0 Å². The van der Waals surface area contributed by atoms with Crippen LogP contribution in [0, 0.1) is 17.8 Å². The predicted octanol–water partition coefficient (Wildman–Crippen LogP) is 1.78. The summed E-state index contributed by atoms with van der Waals surface area (Å²) in [4.78, 5) is 14.0. The van der Waals surface area contributed by atoms with Crippen LogP contribution in [0.1, 0.15) is 44.9 Å². The summed E-state index contributed by atoms with van der Waals surface area (Å²) >= 11 is 0. The van der Waals surface area contributed by atoms with Crippen molar-refractivity contribution in [3.05, 3.63) is 0 Å². The molecule has 0 unspecified atom stereocenters. The highest BCUT2D eigenvalue weighted by Gasteiger charge is 2.24. The summed E-state index contributed by atoms with van der Waals surface area (Å²) in [6, 6.07) is 0. The van der Waals surface area contributed by atoms with E-state index in [0.29, 0.717) is 6.54 Å². The summed E-state index contributed by atoms with van der Waals surface area (Å²) in [6.45, 7) is 3.74. The summed E-state index contributed by atoms with van der Waals surface area (Å²) in [5.74, 6) is 6.71. The van der Waals surface area contributed by atoms with Gasteiger partial charge in [0.1, 0.15) is 0 Å². The lowest BCUT2D eigenvalue weighted by atomic mass is 9.85. The van der Waals surface area contributed by atoms with Gasteiger partial charge in [-0.2, -0.15) is 0 Å². The number of rotatable bonds is 3. The van der Waals surface area contributed by atoms with Crippen molar-refractivity contribution < 1.29 is 4.79 Å². The molecule has 0 bridgehead atoms. The van der Waals surface area contributed by atoms with Gasteiger partial charge in [0, 0.05) is 5.92 Å². The summed E-state index contributed by atoms with van der Waals surface area (Å²) in [7, 11) is 0. The molecule has 3 nitrogen and oxygen atoms in total. The number of hydrogen-bond acceptors (Lipinski definition) is 2. The zero-order valence-electron chi connectivity index (χ0n) is 11.2. The largest absolute Gasteiger partial charge is 0.345 e. The van der Waals surface area contributed by atoms with Crippen molar-refractivity contribution in [1.29, 1.82) is 0 Å². The molecule has 1 aliphatic heterocycles. The van der Waals surface area contributed by atoms with Gasteiger partial charge in [0.2, 0.25) is 5.91 Å². The highest BCUT2D eigenvalue weighted by atomic mass is 16.1. The second-order valence-electron chi connectivity index (χ2n) is 5.39. The molecule has 0 aromatic heterocycles. The van der Waals surface area contributed by atoms with Crippen molar-refractivity contribution in [2.24, 2.45) is 5.92 Å². The van der Waals surface area contributed by atoms with E-state index >= 15 is 0 Å². The van der Waals surface area contributed by atoms with Gasteiger partial charge in [0.05, 0.1) is 13.1 Å². The van der Waals surface area contributed by atoms with Crippen LogP contribution in [-0.2, 0) is 4.79 Å². The smallest absolute Gasteiger partial charge is 0.223 e. The SMILES string of the molecule is O=C(NCC#CCN1CCCCCC1)C1CCC1. The first-order chi connectivity index (χ1) is 8.86. The Kier molecular flexibility index (Phi) is 5.54. The highest BCUT2D eigenvalue weighted by molar-refractivity contribution is 5.79. The standard InChI is InChI=1S/C15H24N2O/c18-15(14-8-7-9-14)16-10-3-6-13-17-11-4-1-2-5-12-17/h14H,1-2,4-5,7-13H2,(H,16,18). The van der Waals surface area contributed by atoms with Crippen LogP contribution in [0.15, 0.2) is 0 Å². The maximum absolute atomic E-state index is 11.5. The number of likely N-dealkylation sites (tertiary alicyclic amines) is 1. The minimum Gasteiger partial charge on any atom is -0.345 e. The molecule has 0 atom stereocenters. The van der Waals surface area contributed by atoms with Gasteiger partial charge >= 0.3 is 0 Å². The predicted molar refractivity (Wildman–Crippen MR) is 73.0 cm³/mol. The normalized spacial score (nSPS) is 21.3. The first-order valence-corrected chi connectivity index (χ1v) is 7.32. The van der Waals surface area contributed by atoms with Crippen LogP contribution >= 0.6 is 0 Å². The molecule has 0 spiro atoms. The molecule has 1 saturated carbocycles. The Bertz CT molecular complexity index is 317. The molecule has 1 amide bonds. The van der Waals surface area contributed by atoms with Gasteiger partial charge < -0.3 is 5.32 Å². The molecule has 0 aromatic carbocycles. The third kappa shape index (κ3) is 4.34. The van der Waals surface area contributed by atoms with Gasteiger partial charge in [0.15, 0.2) is 0 Å². The van der Waals surface area contributed by atoms with Crippen molar-refractivity contribution in [3.8, 4) is 11.8 Å². The molecule has 2 fully saturated rings. The first-order valence-electron chi connectivity index (χ1n) is 7.32. The van der Waals surface area contributed by atoms with Crippen molar-refractivity contribution in [2.75, 3.05) is 26.2 Å². The topological polar surface area (TPSA) is 32.3 Å². The minimum absolute atomic E-state index is 0.199. The lowest BCUT2D eigenvalue weighted by molar-refractivity contribution is -0.127. The summed E-state index contributed by atoms with van der Waals surface area (Å²) in [5.41, 5.74) is 0. The van der Waals surface area contributed by atoms with Crippen LogP contribution in [-0.4, -0.2) is 37.0 Å². The monoisotopic (exact) mass is 248 g/mol. The highest BCUT2D eigenvalue weighted by Crippen LogP contribution is 2.25. The quantitative estimate of drug-likeness (QED) is 0.772. The van der Waals surface area contributed by atoms with Gasteiger partial charge in [-0.15, -0.1) is 0 Å². The van der Waals surface area contributed by atoms with Gasteiger partial charge in [-0.05, 0) is 38.8 Å². The fourth-order valence-corrected chi connectivity index (χ4v) is 2.47. The molecule has 2 rings (SSSR count). The number of nitrogens with one attached hydrogen (secondary N) is 1. The van der Waals surface area contributed by atoms with Crippen molar-refractivity contribution >= 4 is 5.91 Å². The second-order valence-corrected chi connectivity index (χ2v) is 5.39. The van der Waals surface area contributed by atoms with E-state index in [1.165, 1.54) is 45.2 Å². The van der Waals surface area contributed by atoms with Crippen LogP contribution in [0.25, 0.3) is 0 Å². The first kappa shape index (κ1) is 13.4. The molecule has 18 heavy (non-hydrogen) atoms. The number of hydrogen-bond donors (Lipinski definition) is 1. The van der Waals surface area contributed by atoms with Crippen molar-refractivity contribution in [1.82, 2.24) is 10.2 Å². The van der Waals surface area contributed by atoms with Crippen LogP contribution < -0.4 is 5.32 Å². The number of carbonyl (C=O) groups is 1. The third-order valence-electron chi connectivity index (χ3n) is 3.95.